The van der Waals surface area contributed by atoms with Crippen molar-refractivity contribution in [2.75, 3.05) is 25.4 Å². The first-order chi connectivity index (χ1) is 7.72. The van der Waals surface area contributed by atoms with Gasteiger partial charge < -0.3 is 10.6 Å². The van der Waals surface area contributed by atoms with Gasteiger partial charge in [0.2, 0.25) is 0 Å². The van der Waals surface area contributed by atoms with Gasteiger partial charge in [-0.25, -0.2) is 13.8 Å². The Labute approximate surface area is 99.5 Å². The summed E-state index contributed by atoms with van der Waals surface area (Å²) >= 11 is 1.93. The van der Waals surface area contributed by atoms with Crippen molar-refractivity contribution in [3.8, 4) is 0 Å². The average molecular weight is 251 g/mol. The van der Waals surface area contributed by atoms with Crippen molar-refractivity contribution < 1.29 is 8.78 Å². The van der Waals surface area contributed by atoms with Crippen LogP contribution < -0.4 is 10.6 Å². The van der Waals surface area contributed by atoms with Gasteiger partial charge >= 0.3 is 0 Å². The van der Waals surface area contributed by atoms with Crippen LogP contribution in [0, 0.1) is 0 Å². The summed E-state index contributed by atoms with van der Waals surface area (Å²) in [6, 6.07) is 0. The fourth-order valence-corrected chi connectivity index (χ4v) is 2.72. The van der Waals surface area contributed by atoms with Crippen molar-refractivity contribution in [3.63, 3.8) is 0 Å². The average Bonchev–Trinajstić information content (AvgIpc) is 2.75. The molecule has 1 unspecified atom stereocenters. The smallest absolute Gasteiger partial charge is 0.257 e. The predicted octanol–water partition coefficient (Wildman–Crippen LogP) is 1.70. The van der Waals surface area contributed by atoms with E-state index in [1.165, 1.54) is 18.6 Å². The third kappa shape index (κ3) is 5.53. The summed E-state index contributed by atoms with van der Waals surface area (Å²) in [5, 5.41) is 6.65. The highest BCUT2D eigenvalue weighted by Crippen LogP contribution is 2.25. The van der Waals surface area contributed by atoms with Gasteiger partial charge in [0, 0.05) is 18.3 Å². The van der Waals surface area contributed by atoms with Crippen molar-refractivity contribution in [2.24, 2.45) is 4.99 Å². The van der Waals surface area contributed by atoms with Crippen LogP contribution in [0.5, 0.6) is 0 Å². The molecule has 0 radical (unpaired) electrons. The molecule has 1 aliphatic rings. The van der Waals surface area contributed by atoms with E-state index in [2.05, 4.69) is 15.6 Å². The zero-order valence-corrected chi connectivity index (χ0v) is 10.3. The minimum Gasteiger partial charge on any atom is -0.357 e. The van der Waals surface area contributed by atoms with Gasteiger partial charge in [-0.05, 0) is 25.5 Å². The van der Waals surface area contributed by atoms with E-state index < -0.39 is 13.0 Å². The Kier molecular flexibility index (Phi) is 6.52. The summed E-state index contributed by atoms with van der Waals surface area (Å²) in [5.74, 6) is 1.70. The van der Waals surface area contributed by atoms with E-state index in [0.29, 0.717) is 17.8 Å². The largest absolute Gasteiger partial charge is 0.357 e. The highest BCUT2D eigenvalue weighted by Gasteiger charge is 2.15. The van der Waals surface area contributed by atoms with Crippen molar-refractivity contribution in [2.45, 2.75) is 31.4 Å². The first-order valence-electron chi connectivity index (χ1n) is 5.64. The van der Waals surface area contributed by atoms with E-state index in [1.54, 1.807) is 0 Å². The van der Waals surface area contributed by atoms with Crippen LogP contribution in [-0.2, 0) is 0 Å². The SMILES string of the molecule is CCNC(=NCC(F)F)NCC1CCCS1. The normalized spacial score (nSPS) is 21.5. The lowest BCUT2D eigenvalue weighted by atomic mass is 10.2. The first-order valence-corrected chi connectivity index (χ1v) is 6.69. The Morgan fingerprint density at radius 3 is 2.88 bits per heavy atom. The molecule has 0 saturated carbocycles. The molecule has 1 fully saturated rings. The second kappa shape index (κ2) is 7.70. The third-order valence-electron chi connectivity index (χ3n) is 2.25. The molecule has 2 N–H and O–H groups in total. The summed E-state index contributed by atoms with van der Waals surface area (Å²) in [6.07, 6.45) is 0.0736. The summed E-state index contributed by atoms with van der Waals surface area (Å²) in [4.78, 5) is 3.81. The minimum atomic E-state index is -2.38. The molecule has 0 bridgehead atoms. The zero-order chi connectivity index (χ0) is 11.8. The first kappa shape index (κ1) is 13.5. The van der Waals surface area contributed by atoms with E-state index in [-0.39, 0.29) is 0 Å². The van der Waals surface area contributed by atoms with Crippen molar-refractivity contribution in [3.05, 3.63) is 0 Å². The Balaban J connectivity index is 2.28. The maximum atomic E-state index is 12.0. The van der Waals surface area contributed by atoms with Gasteiger partial charge in [0.1, 0.15) is 6.54 Å². The molecule has 94 valence electrons. The zero-order valence-electron chi connectivity index (χ0n) is 9.51. The maximum absolute atomic E-state index is 12.0. The van der Waals surface area contributed by atoms with Crippen LogP contribution >= 0.6 is 11.8 Å². The number of aliphatic imine (C=N–C) groups is 1. The van der Waals surface area contributed by atoms with E-state index in [4.69, 9.17) is 0 Å². The van der Waals surface area contributed by atoms with Crippen LogP contribution in [0.2, 0.25) is 0 Å². The number of halogens is 2. The summed E-state index contributed by atoms with van der Waals surface area (Å²) in [7, 11) is 0. The molecule has 1 rings (SSSR count). The van der Waals surface area contributed by atoms with Gasteiger partial charge in [-0.2, -0.15) is 11.8 Å². The molecule has 0 aliphatic carbocycles. The molecule has 1 heterocycles. The third-order valence-corrected chi connectivity index (χ3v) is 3.65. The van der Waals surface area contributed by atoms with Gasteiger partial charge in [-0.1, -0.05) is 0 Å². The number of hydrogen-bond acceptors (Lipinski definition) is 2. The van der Waals surface area contributed by atoms with Crippen molar-refractivity contribution in [1.29, 1.82) is 0 Å². The fourth-order valence-electron chi connectivity index (χ4n) is 1.52. The fraction of sp³-hybridized carbons (Fsp3) is 0.900. The maximum Gasteiger partial charge on any atom is 0.257 e. The summed E-state index contributed by atoms with van der Waals surface area (Å²) in [6.45, 7) is 2.98. The second-order valence-electron chi connectivity index (χ2n) is 3.63. The van der Waals surface area contributed by atoms with Gasteiger partial charge in [0.05, 0.1) is 0 Å². The lowest BCUT2D eigenvalue weighted by molar-refractivity contribution is 0.158. The predicted molar refractivity (Wildman–Crippen MR) is 65.5 cm³/mol. The van der Waals surface area contributed by atoms with Crippen LogP contribution in [-0.4, -0.2) is 43.0 Å². The lowest BCUT2D eigenvalue weighted by Crippen LogP contribution is -2.40. The molecule has 0 aromatic heterocycles. The Hall–Kier alpha value is -0.520. The molecule has 0 aromatic rings. The van der Waals surface area contributed by atoms with Crippen LogP contribution in [0.3, 0.4) is 0 Å². The number of nitrogens with one attached hydrogen (secondary N) is 2. The van der Waals surface area contributed by atoms with E-state index in [1.807, 2.05) is 18.7 Å². The topological polar surface area (TPSA) is 36.4 Å². The van der Waals surface area contributed by atoms with Gasteiger partial charge in [0.25, 0.3) is 6.43 Å². The van der Waals surface area contributed by atoms with Crippen LogP contribution in [0.4, 0.5) is 8.78 Å². The summed E-state index contributed by atoms with van der Waals surface area (Å²) < 4.78 is 24.0. The molecule has 0 amide bonds. The Morgan fingerprint density at radius 2 is 2.31 bits per heavy atom. The Morgan fingerprint density at radius 1 is 1.50 bits per heavy atom. The number of alkyl halides is 2. The molecule has 0 aromatic carbocycles. The molecule has 1 aliphatic heterocycles. The highest BCUT2D eigenvalue weighted by molar-refractivity contribution is 8.00. The monoisotopic (exact) mass is 251 g/mol. The van der Waals surface area contributed by atoms with Gasteiger partial charge in [-0.15, -0.1) is 0 Å². The second-order valence-corrected chi connectivity index (χ2v) is 5.03. The molecule has 3 nitrogen and oxygen atoms in total. The highest BCUT2D eigenvalue weighted by atomic mass is 32.2. The van der Waals surface area contributed by atoms with E-state index >= 15 is 0 Å². The molecule has 1 atom stereocenters. The van der Waals surface area contributed by atoms with Gasteiger partial charge in [-0.3, -0.25) is 0 Å². The summed E-state index contributed by atoms with van der Waals surface area (Å²) in [5.41, 5.74) is 0. The standard InChI is InChI=1S/C10H19F2N3S/c1-2-13-10(15-7-9(11)12)14-6-8-4-3-5-16-8/h8-9H,2-7H2,1H3,(H2,13,14,15). The van der Waals surface area contributed by atoms with Crippen LogP contribution in [0.15, 0.2) is 4.99 Å². The molecule has 16 heavy (non-hydrogen) atoms. The van der Waals surface area contributed by atoms with Gasteiger partial charge in [0.15, 0.2) is 5.96 Å². The molecule has 0 spiro atoms. The minimum absolute atomic E-state index is 0.437. The molecular weight excluding hydrogens is 232 g/mol. The number of rotatable bonds is 5. The number of hydrogen-bond donors (Lipinski definition) is 2. The number of guanidine groups is 1. The molecule has 6 heteroatoms. The molecular formula is C10H19F2N3S. The van der Waals surface area contributed by atoms with Crippen LogP contribution in [0.25, 0.3) is 0 Å². The van der Waals surface area contributed by atoms with E-state index in [9.17, 15) is 8.78 Å². The quantitative estimate of drug-likeness (QED) is 0.577. The molecule has 1 saturated heterocycles. The number of nitrogens with zero attached hydrogens (tertiary/aromatic N) is 1. The van der Waals surface area contributed by atoms with Crippen molar-refractivity contribution >= 4 is 17.7 Å². The van der Waals surface area contributed by atoms with Crippen LogP contribution in [0.1, 0.15) is 19.8 Å². The number of thioether (sulfide) groups is 1. The lowest BCUT2D eigenvalue weighted by Gasteiger charge is -2.14. The van der Waals surface area contributed by atoms with Crippen molar-refractivity contribution in [1.82, 2.24) is 10.6 Å². The Bertz CT molecular complexity index is 218. The van der Waals surface area contributed by atoms with E-state index in [0.717, 1.165) is 6.54 Å².